The molecule has 0 bridgehead atoms. The van der Waals surface area contributed by atoms with Crippen LogP contribution in [0.25, 0.3) is 10.1 Å². The van der Waals surface area contributed by atoms with Gasteiger partial charge in [0.05, 0.1) is 0 Å². The lowest BCUT2D eigenvalue weighted by molar-refractivity contribution is 0.325. The molecule has 116 valence electrons. The first-order valence-electron chi connectivity index (χ1n) is 8.51. The van der Waals surface area contributed by atoms with E-state index < -0.39 is 0 Å². The molecule has 2 heteroatoms. The summed E-state index contributed by atoms with van der Waals surface area (Å²) in [5, 5.41) is 7.66. The number of benzene rings is 1. The summed E-state index contributed by atoms with van der Waals surface area (Å²) in [6.07, 6.45) is 6.42. The standard InChI is InChI=1S/C19H29NS/c1-4-7-10-15(6-3)19(20-13-5-2)17-14-21-18-12-9-8-11-16(17)18/h8-9,11-12,14-15,19-20H,4-7,10,13H2,1-3H3. The van der Waals surface area contributed by atoms with Gasteiger partial charge in [-0.3, -0.25) is 0 Å². The van der Waals surface area contributed by atoms with E-state index in [0.29, 0.717) is 6.04 Å². The van der Waals surface area contributed by atoms with Gasteiger partial charge in [-0.25, -0.2) is 0 Å². The van der Waals surface area contributed by atoms with Crippen molar-refractivity contribution < 1.29 is 0 Å². The van der Waals surface area contributed by atoms with Gasteiger partial charge in [-0.2, -0.15) is 0 Å². The van der Waals surface area contributed by atoms with Crippen LogP contribution in [0.3, 0.4) is 0 Å². The Balaban J connectivity index is 2.29. The Labute approximate surface area is 133 Å². The summed E-state index contributed by atoms with van der Waals surface area (Å²) >= 11 is 1.89. The van der Waals surface area contributed by atoms with E-state index in [2.05, 4.69) is 55.7 Å². The minimum absolute atomic E-state index is 0.512. The van der Waals surface area contributed by atoms with E-state index >= 15 is 0 Å². The van der Waals surface area contributed by atoms with Crippen molar-refractivity contribution >= 4 is 21.4 Å². The molecule has 2 rings (SSSR count). The van der Waals surface area contributed by atoms with Gasteiger partial charge in [0.15, 0.2) is 0 Å². The number of nitrogens with one attached hydrogen (secondary N) is 1. The van der Waals surface area contributed by atoms with Crippen LogP contribution in [0.1, 0.15) is 64.5 Å². The molecule has 1 nitrogen and oxygen atoms in total. The SMILES string of the molecule is CCCCC(CC)C(NCCC)c1csc2ccccc12. The number of rotatable bonds is 9. The molecule has 1 N–H and O–H groups in total. The highest BCUT2D eigenvalue weighted by molar-refractivity contribution is 7.17. The molecule has 0 aliphatic rings. The Morgan fingerprint density at radius 1 is 1.10 bits per heavy atom. The maximum absolute atomic E-state index is 3.83. The van der Waals surface area contributed by atoms with Gasteiger partial charge in [0.1, 0.15) is 0 Å². The summed E-state index contributed by atoms with van der Waals surface area (Å²) in [4.78, 5) is 0. The molecule has 0 fully saturated rings. The molecule has 1 heterocycles. The molecule has 0 amide bonds. The van der Waals surface area contributed by atoms with E-state index in [1.807, 2.05) is 11.3 Å². The van der Waals surface area contributed by atoms with Crippen molar-refractivity contribution in [3.8, 4) is 0 Å². The quantitative estimate of drug-likeness (QED) is 0.585. The summed E-state index contributed by atoms with van der Waals surface area (Å²) in [5.74, 6) is 0.745. The lowest BCUT2D eigenvalue weighted by Crippen LogP contribution is -2.28. The molecule has 0 aliphatic carbocycles. The van der Waals surface area contributed by atoms with Gasteiger partial charge in [0.25, 0.3) is 0 Å². The minimum atomic E-state index is 0.512. The molecule has 0 saturated heterocycles. The van der Waals surface area contributed by atoms with Gasteiger partial charge in [-0.05, 0) is 47.7 Å². The lowest BCUT2D eigenvalue weighted by Gasteiger charge is -2.27. The highest BCUT2D eigenvalue weighted by atomic mass is 32.1. The predicted molar refractivity (Wildman–Crippen MR) is 96.2 cm³/mol. The fourth-order valence-electron chi connectivity index (χ4n) is 3.14. The van der Waals surface area contributed by atoms with Crippen LogP contribution in [0, 0.1) is 5.92 Å². The van der Waals surface area contributed by atoms with Gasteiger partial charge in [0.2, 0.25) is 0 Å². The van der Waals surface area contributed by atoms with Gasteiger partial charge in [-0.15, -0.1) is 11.3 Å². The first kappa shape index (κ1) is 16.5. The lowest BCUT2D eigenvalue weighted by atomic mass is 9.86. The maximum Gasteiger partial charge on any atom is 0.0363 e. The van der Waals surface area contributed by atoms with Crippen LogP contribution in [0.15, 0.2) is 29.6 Å². The summed E-state index contributed by atoms with van der Waals surface area (Å²) < 4.78 is 1.42. The second-order valence-corrected chi connectivity index (χ2v) is 6.84. The van der Waals surface area contributed by atoms with Crippen LogP contribution in [0.5, 0.6) is 0 Å². The Morgan fingerprint density at radius 3 is 2.62 bits per heavy atom. The van der Waals surface area contributed by atoms with Gasteiger partial charge in [-0.1, -0.05) is 58.2 Å². The van der Waals surface area contributed by atoms with Crippen LogP contribution in [-0.4, -0.2) is 6.54 Å². The van der Waals surface area contributed by atoms with Crippen molar-refractivity contribution in [1.82, 2.24) is 5.32 Å². The summed E-state index contributed by atoms with van der Waals surface area (Å²) in [6, 6.07) is 9.35. The molecule has 21 heavy (non-hydrogen) atoms. The number of thiophene rings is 1. The van der Waals surface area contributed by atoms with Crippen molar-refractivity contribution in [3.05, 3.63) is 35.2 Å². The zero-order chi connectivity index (χ0) is 15.1. The van der Waals surface area contributed by atoms with Crippen LogP contribution < -0.4 is 5.32 Å². The van der Waals surface area contributed by atoms with Gasteiger partial charge in [0, 0.05) is 10.7 Å². The Kier molecular flexibility index (Phi) is 6.72. The second-order valence-electron chi connectivity index (χ2n) is 5.93. The third-order valence-corrected chi connectivity index (χ3v) is 5.37. The summed E-state index contributed by atoms with van der Waals surface area (Å²) in [6.45, 7) is 8.00. The van der Waals surface area contributed by atoms with Crippen molar-refractivity contribution in [2.24, 2.45) is 5.92 Å². The van der Waals surface area contributed by atoms with E-state index in [9.17, 15) is 0 Å². The first-order chi connectivity index (χ1) is 10.3. The van der Waals surface area contributed by atoms with Crippen molar-refractivity contribution in [1.29, 1.82) is 0 Å². The molecule has 2 atom stereocenters. The highest BCUT2D eigenvalue weighted by Crippen LogP contribution is 2.36. The minimum Gasteiger partial charge on any atom is -0.310 e. The number of hydrogen-bond acceptors (Lipinski definition) is 2. The van der Waals surface area contributed by atoms with Crippen LogP contribution >= 0.6 is 11.3 Å². The first-order valence-corrected chi connectivity index (χ1v) is 9.39. The zero-order valence-electron chi connectivity index (χ0n) is 13.7. The summed E-state index contributed by atoms with van der Waals surface area (Å²) in [5.41, 5.74) is 1.52. The molecular formula is C19H29NS. The van der Waals surface area contributed by atoms with E-state index in [0.717, 1.165) is 12.5 Å². The van der Waals surface area contributed by atoms with Crippen LogP contribution in [-0.2, 0) is 0 Å². The number of fused-ring (bicyclic) bond motifs is 1. The zero-order valence-corrected chi connectivity index (χ0v) is 14.5. The van der Waals surface area contributed by atoms with Gasteiger partial charge < -0.3 is 5.32 Å². The average molecular weight is 304 g/mol. The largest absolute Gasteiger partial charge is 0.310 e. The van der Waals surface area contributed by atoms with Crippen molar-refractivity contribution in [2.45, 2.75) is 58.9 Å². The second kappa shape index (κ2) is 8.55. The molecule has 2 unspecified atom stereocenters. The average Bonchev–Trinajstić information content (AvgIpc) is 2.94. The Morgan fingerprint density at radius 2 is 1.90 bits per heavy atom. The smallest absolute Gasteiger partial charge is 0.0363 e. The third kappa shape index (κ3) is 4.08. The third-order valence-electron chi connectivity index (χ3n) is 4.38. The molecule has 2 aromatic rings. The normalized spacial score (nSPS) is 14.4. The molecule has 1 aromatic heterocycles. The predicted octanol–water partition coefficient (Wildman–Crippen LogP) is 6.16. The molecule has 0 saturated carbocycles. The molecular weight excluding hydrogens is 274 g/mol. The fraction of sp³-hybridized carbons (Fsp3) is 0.579. The monoisotopic (exact) mass is 303 g/mol. The Hall–Kier alpha value is -0.860. The van der Waals surface area contributed by atoms with Crippen molar-refractivity contribution in [3.63, 3.8) is 0 Å². The molecule has 0 radical (unpaired) electrons. The molecule has 0 aliphatic heterocycles. The summed E-state index contributed by atoms with van der Waals surface area (Å²) in [7, 11) is 0. The fourth-order valence-corrected chi connectivity index (χ4v) is 4.14. The topological polar surface area (TPSA) is 12.0 Å². The Bertz CT molecular complexity index is 531. The molecule has 0 spiro atoms. The van der Waals surface area contributed by atoms with Gasteiger partial charge >= 0.3 is 0 Å². The van der Waals surface area contributed by atoms with E-state index in [-0.39, 0.29) is 0 Å². The van der Waals surface area contributed by atoms with E-state index in [4.69, 9.17) is 0 Å². The maximum atomic E-state index is 3.83. The van der Waals surface area contributed by atoms with Crippen LogP contribution in [0.2, 0.25) is 0 Å². The van der Waals surface area contributed by atoms with Crippen LogP contribution in [0.4, 0.5) is 0 Å². The van der Waals surface area contributed by atoms with Crippen molar-refractivity contribution in [2.75, 3.05) is 6.54 Å². The molecule has 1 aromatic carbocycles. The van der Waals surface area contributed by atoms with E-state index in [1.165, 1.54) is 47.8 Å². The number of unbranched alkanes of at least 4 members (excludes halogenated alkanes) is 1. The highest BCUT2D eigenvalue weighted by Gasteiger charge is 2.23. The van der Waals surface area contributed by atoms with E-state index in [1.54, 1.807) is 0 Å². The number of hydrogen-bond donors (Lipinski definition) is 1.